The summed E-state index contributed by atoms with van der Waals surface area (Å²) in [4.78, 5) is 0. The summed E-state index contributed by atoms with van der Waals surface area (Å²) in [5.74, 6) is 0. The maximum Gasteiger partial charge on any atom is 0.199 e. The molecule has 2 N–H and O–H groups in total. The van der Waals surface area contributed by atoms with Crippen LogP contribution in [0.1, 0.15) is 45.1 Å². The topological polar surface area (TPSA) is 41.5 Å². The van der Waals surface area contributed by atoms with Crippen LogP contribution in [0.5, 0.6) is 0 Å². The van der Waals surface area contributed by atoms with Crippen molar-refractivity contribution >= 4 is 0 Å². The molecule has 1 rings (SSSR count). The summed E-state index contributed by atoms with van der Waals surface area (Å²) in [6.07, 6.45) is 0.226. The lowest BCUT2D eigenvalue weighted by atomic mass is 10.1. The van der Waals surface area contributed by atoms with E-state index in [-0.39, 0.29) is 0 Å². The second-order valence-electron chi connectivity index (χ2n) is 5.35. The van der Waals surface area contributed by atoms with Gasteiger partial charge in [-0.2, -0.15) is 0 Å². The van der Waals surface area contributed by atoms with Crippen molar-refractivity contribution in [2.45, 2.75) is 64.6 Å². The number of benzene rings is 1. The van der Waals surface area contributed by atoms with Gasteiger partial charge in [0.05, 0.1) is 12.2 Å². The molecule has 1 aromatic carbocycles. The van der Waals surface area contributed by atoms with E-state index in [2.05, 4.69) is 5.32 Å². The number of ether oxygens (including phenoxy) is 1. The van der Waals surface area contributed by atoms with E-state index in [0.29, 0.717) is 25.9 Å². The van der Waals surface area contributed by atoms with Crippen LogP contribution in [0.3, 0.4) is 0 Å². The van der Waals surface area contributed by atoms with Gasteiger partial charge in [-0.15, -0.1) is 0 Å². The fourth-order valence-electron chi connectivity index (χ4n) is 2.21. The molecule has 120 valence electrons. The van der Waals surface area contributed by atoms with Gasteiger partial charge in [-0.1, -0.05) is 57.0 Å². The van der Waals surface area contributed by atoms with Crippen LogP contribution in [0, 0.1) is 0 Å². The van der Waals surface area contributed by atoms with Crippen LogP contribution in [0.4, 0.5) is 4.39 Å². The number of aliphatic hydroxyl groups excluding tert-OH is 1. The SMILES string of the molecule is CCCC(F)O[C@H](CCC)[C@H](O)CNCc1ccccc1. The van der Waals surface area contributed by atoms with E-state index in [0.717, 1.165) is 18.4 Å². The molecule has 0 aliphatic rings. The van der Waals surface area contributed by atoms with Gasteiger partial charge in [0.1, 0.15) is 0 Å². The van der Waals surface area contributed by atoms with Crippen molar-refractivity contribution in [1.29, 1.82) is 0 Å². The second-order valence-corrected chi connectivity index (χ2v) is 5.35. The zero-order valence-corrected chi connectivity index (χ0v) is 13.1. The lowest BCUT2D eigenvalue weighted by Gasteiger charge is -2.25. The van der Waals surface area contributed by atoms with Crippen LogP contribution in [-0.2, 0) is 11.3 Å². The van der Waals surface area contributed by atoms with Crippen molar-refractivity contribution in [3.05, 3.63) is 35.9 Å². The van der Waals surface area contributed by atoms with E-state index in [9.17, 15) is 9.50 Å². The second kappa shape index (κ2) is 10.7. The molecule has 0 aliphatic carbocycles. The number of aliphatic hydroxyl groups is 1. The van der Waals surface area contributed by atoms with Crippen molar-refractivity contribution < 1.29 is 14.2 Å². The maximum absolute atomic E-state index is 13.6. The van der Waals surface area contributed by atoms with Gasteiger partial charge in [-0.25, -0.2) is 4.39 Å². The van der Waals surface area contributed by atoms with Crippen molar-refractivity contribution in [3.63, 3.8) is 0 Å². The Hall–Kier alpha value is -0.970. The van der Waals surface area contributed by atoms with Gasteiger partial charge in [0.25, 0.3) is 0 Å². The van der Waals surface area contributed by atoms with Crippen molar-refractivity contribution in [2.24, 2.45) is 0 Å². The molecule has 0 aliphatic heterocycles. The molecule has 0 aromatic heterocycles. The molecule has 4 heteroatoms. The Balaban J connectivity index is 2.36. The van der Waals surface area contributed by atoms with Gasteiger partial charge >= 0.3 is 0 Å². The normalized spacial score (nSPS) is 15.6. The van der Waals surface area contributed by atoms with Gasteiger partial charge in [0.15, 0.2) is 6.36 Å². The quantitative estimate of drug-likeness (QED) is 0.657. The molecule has 0 saturated heterocycles. The number of hydrogen-bond donors (Lipinski definition) is 2. The number of hydrogen-bond acceptors (Lipinski definition) is 3. The number of alkyl halides is 1. The Kier molecular flexibility index (Phi) is 9.22. The summed E-state index contributed by atoms with van der Waals surface area (Å²) in [5, 5.41) is 13.4. The molecule has 0 amide bonds. The molecule has 0 radical (unpaired) electrons. The van der Waals surface area contributed by atoms with Crippen LogP contribution in [-0.4, -0.2) is 30.2 Å². The molecular formula is C17H28FNO2. The highest BCUT2D eigenvalue weighted by Gasteiger charge is 2.22. The van der Waals surface area contributed by atoms with Gasteiger partial charge in [0, 0.05) is 19.5 Å². The first-order valence-electron chi connectivity index (χ1n) is 7.89. The molecule has 3 atom stereocenters. The summed E-state index contributed by atoms with van der Waals surface area (Å²) in [6.45, 7) is 5.01. The van der Waals surface area contributed by atoms with Crippen molar-refractivity contribution in [2.75, 3.05) is 6.54 Å². The highest BCUT2D eigenvalue weighted by Crippen LogP contribution is 2.14. The van der Waals surface area contributed by atoms with Gasteiger partial charge in [0.2, 0.25) is 0 Å². The minimum Gasteiger partial charge on any atom is -0.389 e. The molecule has 21 heavy (non-hydrogen) atoms. The van der Waals surface area contributed by atoms with Crippen LogP contribution in [0.2, 0.25) is 0 Å². The van der Waals surface area contributed by atoms with Crippen LogP contribution < -0.4 is 5.32 Å². The molecule has 0 saturated carbocycles. The third-order valence-electron chi connectivity index (χ3n) is 3.37. The van der Waals surface area contributed by atoms with E-state index >= 15 is 0 Å². The summed E-state index contributed by atoms with van der Waals surface area (Å²) in [7, 11) is 0. The smallest absolute Gasteiger partial charge is 0.199 e. The summed E-state index contributed by atoms with van der Waals surface area (Å²) >= 11 is 0. The highest BCUT2D eigenvalue weighted by atomic mass is 19.1. The third kappa shape index (κ3) is 7.55. The maximum atomic E-state index is 13.6. The fourth-order valence-corrected chi connectivity index (χ4v) is 2.21. The molecule has 1 aromatic rings. The summed E-state index contributed by atoms with van der Waals surface area (Å²) < 4.78 is 18.9. The Morgan fingerprint density at radius 1 is 1.14 bits per heavy atom. The molecule has 1 unspecified atom stereocenters. The number of rotatable bonds is 11. The zero-order chi connectivity index (χ0) is 15.5. The van der Waals surface area contributed by atoms with Crippen molar-refractivity contribution in [1.82, 2.24) is 5.32 Å². The fraction of sp³-hybridized carbons (Fsp3) is 0.647. The molecule has 0 bridgehead atoms. The monoisotopic (exact) mass is 297 g/mol. The first-order valence-corrected chi connectivity index (χ1v) is 7.89. The molecule has 0 fully saturated rings. The zero-order valence-electron chi connectivity index (χ0n) is 13.1. The standard InChI is InChI=1S/C17H28FNO2/c1-3-8-16(21-17(18)9-4-2)15(20)13-19-12-14-10-6-5-7-11-14/h5-7,10-11,15-17,19-20H,3-4,8-9,12-13H2,1-2H3/t15-,16-,17?/m1/s1. The average molecular weight is 297 g/mol. The minimum absolute atomic E-state index is 0.379. The van der Waals surface area contributed by atoms with Gasteiger partial charge in [-0.3, -0.25) is 0 Å². The summed E-state index contributed by atoms with van der Waals surface area (Å²) in [6, 6.07) is 9.98. The van der Waals surface area contributed by atoms with E-state index in [1.54, 1.807) is 0 Å². The Morgan fingerprint density at radius 3 is 2.43 bits per heavy atom. The van der Waals surface area contributed by atoms with Crippen molar-refractivity contribution in [3.8, 4) is 0 Å². The average Bonchev–Trinajstić information content (AvgIpc) is 2.48. The predicted molar refractivity (Wildman–Crippen MR) is 83.7 cm³/mol. The van der Waals surface area contributed by atoms with E-state index in [1.165, 1.54) is 0 Å². The lowest BCUT2D eigenvalue weighted by molar-refractivity contribution is -0.131. The lowest BCUT2D eigenvalue weighted by Crippen LogP contribution is -2.39. The third-order valence-corrected chi connectivity index (χ3v) is 3.37. The number of nitrogens with one attached hydrogen (secondary N) is 1. The predicted octanol–water partition coefficient (Wildman–Crippen LogP) is 3.42. The molecule has 0 heterocycles. The molecule has 0 spiro atoms. The Labute approximate surface area is 127 Å². The first-order chi connectivity index (χ1) is 10.2. The Bertz CT molecular complexity index is 361. The van der Waals surface area contributed by atoms with Gasteiger partial charge < -0.3 is 15.2 Å². The van der Waals surface area contributed by atoms with Gasteiger partial charge in [-0.05, 0) is 12.0 Å². The molecular weight excluding hydrogens is 269 g/mol. The van der Waals surface area contributed by atoms with Crippen LogP contribution >= 0.6 is 0 Å². The van der Waals surface area contributed by atoms with Crippen LogP contribution in [0.15, 0.2) is 30.3 Å². The van der Waals surface area contributed by atoms with E-state index < -0.39 is 18.6 Å². The minimum atomic E-state index is -1.28. The Morgan fingerprint density at radius 2 is 1.81 bits per heavy atom. The molecule has 3 nitrogen and oxygen atoms in total. The van der Waals surface area contributed by atoms with E-state index in [4.69, 9.17) is 4.74 Å². The van der Waals surface area contributed by atoms with Crippen LogP contribution in [0.25, 0.3) is 0 Å². The first kappa shape index (κ1) is 18.1. The largest absolute Gasteiger partial charge is 0.389 e. The number of halogens is 1. The highest BCUT2D eigenvalue weighted by molar-refractivity contribution is 5.14. The van der Waals surface area contributed by atoms with E-state index in [1.807, 2.05) is 44.2 Å². The summed E-state index contributed by atoms with van der Waals surface area (Å²) in [5.41, 5.74) is 1.16.